The van der Waals surface area contributed by atoms with Gasteiger partial charge in [-0.3, -0.25) is 9.59 Å². The molecule has 3 rings (SSSR count). The molecule has 2 aromatic carbocycles. The highest BCUT2D eigenvalue weighted by Gasteiger charge is 2.47. The number of likely N-dealkylation sites (N-methyl/N-ethyl adjacent to an activating group) is 1. The molecule has 35 heavy (non-hydrogen) atoms. The second-order valence-electron chi connectivity index (χ2n) is 8.31. The molecule has 1 aliphatic heterocycles. The van der Waals surface area contributed by atoms with Crippen LogP contribution in [-0.2, 0) is 9.59 Å². The molecule has 2 aromatic rings. The minimum Gasteiger partial charge on any atom is -0.507 e. The van der Waals surface area contributed by atoms with Crippen LogP contribution in [0.2, 0.25) is 0 Å². The Morgan fingerprint density at radius 3 is 2.17 bits per heavy atom. The number of benzene rings is 2. The molecule has 0 aromatic heterocycles. The van der Waals surface area contributed by atoms with E-state index in [4.69, 9.17) is 14.2 Å². The van der Waals surface area contributed by atoms with Gasteiger partial charge in [-0.05, 0) is 62.0 Å². The van der Waals surface area contributed by atoms with Gasteiger partial charge in [-0.25, -0.2) is 0 Å². The number of aliphatic hydroxyl groups excluding tert-OH is 1. The number of aliphatic hydroxyl groups is 1. The number of hydrogen-bond acceptors (Lipinski definition) is 7. The van der Waals surface area contributed by atoms with Gasteiger partial charge in [0.25, 0.3) is 11.7 Å². The van der Waals surface area contributed by atoms with E-state index in [-0.39, 0.29) is 11.3 Å². The van der Waals surface area contributed by atoms with Crippen molar-refractivity contribution in [1.82, 2.24) is 9.80 Å². The zero-order valence-electron chi connectivity index (χ0n) is 21.3. The summed E-state index contributed by atoms with van der Waals surface area (Å²) < 4.78 is 16.3. The van der Waals surface area contributed by atoms with Gasteiger partial charge < -0.3 is 29.1 Å². The highest BCUT2D eigenvalue weighted by Crippen LogP contribution is 2.44. The molecule has 0 saturated carbocycles. The van der Waals surface area contributed by atoms with Crippen LogP contribution in [-0.4, -0.2) is 74.1 Å². The predicted octanol–water partition coefficient (Wildman–Crippen LogP) is 3.78. The fourth-order valence-electron chi connectivity index (χ4n) is 4.45. The lowest BCUT2D eigenvalue weighted by molar-refractivity contribution is -0.140. The zero-order chi connectivity index (χ0) is 25.7. The third-order valence-electron chi connectivity index (χ3n) is 6.51. The number of carbonyl (C=O) groups excluding carboxylic acids is 2. The quantitative estimate of drug-likeness (QED) is 0.313. The zero-order valence-corrected chi connectivity index (χ0v) is 21.3. The summed E-state index contributed by atoms with van der Waals surface area (Å²) in [5.74, 6) is 0.0546. The van der Waals surface area contributed by atoms with Crippen LogP contribution >= 0.6 is 0 Å². The molecule has 8 heteroatoms. The van der Waals surface area contributed by atoms with Gasteiger partial charge >= 0.3 is 0 Å². The lowest BCUT2D eigenvalue weighted by Crippen LogP contribution is -2.38. The molecule has 1 fully saturated rings. The topological polar surface area (TPSA) is 88.5 Å². The lowest BCUT2D eigenvalue weighted by atomic mass is 9.93. The van der Waals surface area contributed by atoms with Crippen molar-refractivity contribution < 1.29 is 28.9 Å². The Hall–Kier alpha value is -3.52. The summed E-state index contributed by atoms with van der Waals surface area (Å²) in [5, 5.41) is 11.4. The monoisotopic (exact) mass is 482 g/mol. The molecule has 1 atom stereocenters. The van der Waals surface area contributed by atoms with Crippen LogP contribution in [0.3, 0.4) is 0 Å². The van der Waals surface area contributed by atoms with Crippen molar-refractivity contribution in [2.45, 2.75) is 26.8 Å². The van der Waals surface area contributed by atoms with Gasteiger partial charge in [-0.2, -0.15) is 0 Å². The third-order valence-corrected chi connectivity index (χ3v) is 6.51. The Labute approximate surface area is 206 Å². The van der Waals surface area contributed by atoms with E-state index in [0.717, 1.165) is 13.1 Å². The van der Waals surface area contributed by atoms with E-state index >= 15 is 0 Å². The largest absolute Gasteiger partial charge is 0.507 e. The molecular weight excluding hydrogens is 448 g/mol. The summed E-state index contributed by atoms with van der Waals surface area (Å²) in [6, 6.07) is 9.56. The van der Waals surface area contributed by atoms with Crippen molar-refractivity contribution in [3.63, 3.8) is 0 Å². The van der Waals surface area contributed by atoms with Gasteiger partial charge in [0, 0.05) is 24.2 Å². The number of aryl methyl sites for hydroxylation is 1. The highest BCUT2D eigenvalue weighted by molar-refractivity contribution is 6.46. The van der Waals surface area contributed by atoms with Crippen molar-refractivity contribution >= 4 is 17.4 Å². The average molecular weight is 483 g/mol. The van der Waals surface area contributed by atoms with E-state index in [9.17, 15) is 14.7 Å². The Morgan fingerprint density at radius 1 is 0.971 bits per heavy atom. The van der Waals surface area contributed by atoms with E-state index in [2.05, 4.69) is 4.90 Å². The maximum absolute atomic E-state index is 13.4. The molecule has 0 radical (unpaired) electrons. The number of Topliss-reactive ketones (excluding diaryl/α,β-unsaturated/α-hetero) is 1. The normalized spacial score (nSPS) is 17.2. The summed E-state index contributed by atoms with van der Waals surface area (Å²) in [5.41, 5.74) is 1.76. The summed E-state index contributed by atoms with van der Waals surface area (Å²) in [6.45, 7) is 8.45. The molecule has 1 aliphatic rings. The van der Waals surface area contributed by atoms with Gasteiger partial charge in [-0.1, -0.05) is 13.8 Å². The standard InChI is InChI=1S/C27H34N2O6/c1-7-28(8-2)13-14-29-24(21-16-19(34-5)10-12-22(21)35-6)23(26(31)27(29)32)25(30)20-11-9-18(33-4)15-17(20)3/h9-12,15-16,24,30H,7-8,13-14H2,1-6H3/b25-23+/t24-/m1/s1. The molecule has 0 aliphatic carbocycles. The first-order valence-corrected chi connectivity index (χ1v) is 11.7. The molecule has 0 unspecified atom stereocenters. The molecule has 0 spiro atoms. The van der Waals surface area contributed by atoms with Gasteiger partial charge in [0.1, 0.15) is 23.0 Å². The molecule has 188 valence electrons. The molecular formula is C27H34N2O6. The van der Waals surface area contributed by atoms with Crippen LogP contribution in [0.4, 0.5) is 0 Å². The van der Waals surface area contributed by atoms with Crippen LogP contribution in [0.25, 0.3) is 5.76 Å². The van der Waals surface area contributed by atoms with Crippen molar-refractivity contribution in [3.8, 4) is 17.2 Å². The van der Waals surface area contributed by atoms with Crippen LogP contribution in [0.5, 0.6) is 17.2 Å². The fourth-order valence-corrected chi connectivity index (χ4v) is 4.45. The van der Waals surface area contributed by atoms with Crippen molar-refractivity contribution in [3.05, 3.63) is 58.7 Å². The van der Waals surface area contributed by atoms with Gasteiger partial charge in [-0.15, -0.1) is 0 Å². The number of rotatable bonds is 10. The first kappa shape index (κ1) is 26.1. The fraction of sp³-hybridized carbons (Fsp3) is 0.407. The summed E-state index contributed by atoms with van der Waals surface area (Å²) >= 11 is 0. The van der Waals surface area contributed by atoms with Crippen molar-refractivity contribution in [2.75, 3.05) is 47.5 Å². The molecule has 1 saturated heterocycles. The number of ketones is 1. The number of nitrogens with zero attached hydrogens (tertiary/aromatic N) is 2. The van der Waals surface area contributed by atoms with Crippen LogP contribution in [0.15, 0.2) is 42.0 Å². The van der Waals surface area contributed by atoms with E-state index in [1.54, 1.807) is 50.6 Å². The number of ether oxygens (including phenoxy) is 3. The van der Waals surface area contributed by atoms with Gasteiger partial charge in [0.05, 0.1) is 32.9 Å². The first-order chi connectivity index (χ1) is 16.8. The maximum atomic E-state index is 13.4. The first-order valence-electron chi connectivity index (χ1n) is 11.7. The number of amides is 1. The van der Waals surface area contributed by atoms with Crippen molar-refractivity contribution in [2.24, 2.45) is 0 Å². The summed E-state index contributed by atoms with van der Waals surface area (Å²) in [4.78, 5) is 30.3. The van der Waals surface area contributed by atoms with E-state index in [1.807, 2.05) is 20.8 Å². The predicted molar refractivity (Wildman–Crippen MR) is 134 cm³/mol. The number of likely N-dealkylation sites (tertiary alicyclic amines) is 1. The van der Waals surface area contributed by atoms with E-state index in [0.29, 0.717) is 47.0 Å². The summed E-state index contributed by atoms with van der Waals surface area (Å²) in [7, 11) is 4.63. The van der Waals surface area contributed by atoms with Crippen molar-refractivity contribution in [1.29, 1.82) is 0 Å². The summed E-state index contributed by atoms with van der Waals surface area (Å²) in [6.07, 6.45) is 0. The molecule has 1 amide bonds. The smallest absolute Gasteiger partial charge is 0.295 e. The van der Waals surface area contributed by atoms with Crippen LogP contribution < -0.4 is 14.2 Å². The second-order valence-corrected chi connectivity index (χ2v) is 8.31. The minimum absolute atomic E-state index is 0.0226. The molecule has 0 bridgehead atoms. The number of carbonyl (C=O) groups is 2. The molecule has 1 heterocycles. The second kappa shape index (κ2) is 11.3. The average Bonchev–Trinajstić information content (AvgIpc) is 3.13. The van der Waals surface area contributed by atoms with E-state index in [1.165, 1.54) is 12.0 Å². The Kier molecular flexibility index (Phi) is 8.40. The van der Waals surface area contributed by atoms with Crippen LogP contribution in [0.1, 0.15) is 36.6 Å². The van der Waals surface area contributed by atoms with Gasteiger partial charge in [0.2, 0.25) is 0 Å². The Morgan fingerprint density at radius 2 is 1.60 bits per heavy atom. The molecule has 8 nitrogen and oxygen atoms in total. The number of methoxy groups -OCH3 is 3. The van der Waals surface area contributed by atoms with E-state index < -0.39 is 17.7 Å². The maximum Gasteiger partial charge on any atom is 0.295 e. The molecule has 1 N–H and O–H groups in total. The number of hydrogen-bond donors (Lipinski definition) is 1. The highest BCUT2D eigenvalue weighted by atomic mass is 16.5. The Balaban J connectivity index is 2.22. The Bertz CT molecular complexity index is 1120. The SMILES string of the molecule is CCN(CC)CCN1C(=O)C(=O)/C(=C(/O)c2ccc(OC)cc2C)[C@H]1c1cc(OC)ccc1OC. The van der Waals surface area contributed by atoms with Crippen LogP contribution in [0, 0.1) is 6.92 Å². The minimum atomic E-state index is -0.836. The third kappa shape index (κ3) is 5.12. The van der Waals surface area contributed by atoms with Gasteiger partial charge in [0.15, 0.2) is 0 Å². The lowest BCUT2D eigenvalue weighted by Gasteiger charge is -2.29.